The Hall–Kier alpha value is -2.56. The van der Waals surface area contributed by atoms with Crippen LogP contribution >= 0.6 is 11.8 Å². The normalized spacial score (nSPS) is 10.9. The van der Waals surface area contributed by atoms with E-state index >= 15 is 0 Å². The van der Waals surface area contributed by atoms with E-state index in [9.17, 15) is 0 Å². The molecule has 126 valence electrons. The number of aliphatic hydroxyl groups is 1. The number of hydrogen-bond donors (Lipinski definition) is 2. The van der Waals surface area contributed by atoms with Crippen LogP contribution in [0.4, 0.5) is 11.4 Å². The van der Waals surface area contributed by atoms with Gasteiger partial charge in [-0.1, -0.05) is 42.1 Å². The van der Waals surface area contributed by atoms with E-state index in [2.05, 4.69) is 34.6 Å². The Morgan fingerprint density at radius 3 is 2.12 bits per heavy atom. The molecular weight excluding hydrogens is 328 g/mol. The topological polar surface area (TPSA) is 44.6 Å². The third-order valence-corrected chi connectivity index (χ3v) is 4.55. The van der Waals surface area contributed by atoms with Crippen molar-refractivity contribution in [1.82, 2.24) is 0 Å². The molecule has 0 amide bonds. The lowest BCUT2D eigenvalue weighted by molar-refractivity contribution is 0.311. The highest BCUT2D eigenvalue weighted by Gasteiger charge is 1.99. The summed E-state index contributed by atoms with van der Waals surface area (Å²) in [5, 5.41) is 12.0. The van der Waals surface area contributed by atoms with E-state index in [-0.39, 0.29) is 6.61 Å². The average molecular weight is 348 g/mol. The summed E-state index contributed by atoms with van der Waals surface area (Å²) in [7, 11) is 0. The Morgan fingerprint density at radius 1 is 0.840 bits per heavy atom. The Bertz CT molecular complexity index is 800. The minimum absolute atomic E-state index is 0.135. The van der Waals surface area contributed by atoms with E-state index < -0.39 is 0 Å². The zero-order valence-electron chi connectivity index (χ0n) is 13.8. The zero-order valence-corrected chi connectivity index (χ0v) is 14.6. The Balaban J connectivity index is 1.59. The van der Waals surface area contributed by atoms with Crippen LogP contribution in [0.15, 0.2) is 93.6 Å². The fourth-order valence-electron chi connectivity index (χ4n) is 2.27. The van der Waals surface area contributed by atoms with Crippen LogP contribution in [0.3, 0.4) is 0 Å². The minimum Gasteiger partial charge on any atom is -0.395 e. The lowest BCUT2D eigenvalue weighted by atomic mass is 10.2. The smallest absolute Gasteiger partial charge is 0.0630 e. The maximum atomic E-state index is 8.83. The molecule has 0 fully saturated rings. The first-order valence-electron chi connectivity index (χ1n) is 8.15. The van der Waals surface area contributed by atoms with Gasteiger partial charge in [-0.3, -0.25) is 4.99 Å². The van der Waals surface area contributed by atoms with Gasteiger partial charge in [0.15, 0.2) is 0 Å². The fraction of sp³-hybridized carbons (Fsp3) is 0.0952. The van der Waals surface area contributed by atoms with Gasteiger partial charge in [-0.15, -0.1) is 0 Å². The Morgan fingerprint density at radius 2 is 1.48 bits per heavy atom. The van der Waals surface area contributed by atoms with Gasteiger partial charge in [0.05, 0.1) is 12.3 Å². The van der Waals surface area contributed by atoms with Crippen LogP contribution in [0.1, 0.15) is 5.56 Å². The molecule has 0 heterocycles. The van der Waals surface area contributed by atoms with E-state index in [0.29, 0.717) is 6.54 Å². The SMILES string of the molecule is OCCNc1ccc(Sc2ccc(N=Cc3ccccc3)cc2)cc1. The van der Waals surface area contributed by atoms with Gasteiger partial charge < -0.3 is 10.4 Å². The first-order chi connectivity index (χ1) is 12.3. The number of benzene rings is 3. The molecule has 0 aliphatic carbocycles. The third kappa shape index (κ3) is 5.48. The molecule has 3 aromatic rings. The van der Waals surface area contributed by atoms with Crippen molar-refractivity contribution in [2.45, 2.75) is 9.79 Å². The second-order valence-electron chi connectivity index (χ2n) is 5.44. The van der Waals surface area contributed by atoms with Crippen LogP contribution in [-0.4, -0.2) is 24.5 Å². The highest BCUT2D eigenvalue weighted by Crippen LogP contribution is 2.29. The largest absolute Gasteiger partial charge is 0.395 e. The van der Waals surface area contributed by atoms with Crippen molar-refractivity contribution in [2.24, 2.45) is 4.99 Å². The molecule has 0 saturated carbocycles. The molecule has 4 heteroatoms. The molecule has 0 radical (unpaired) electrons. The lowest BCUT2D eigenvalue weighted by Gasteiger charge is -2.06. The van der Waals surface area contributed by atoms with Crippen LogP contribution in [0.5, 0.6) is 0 Å². The number of anilines is 1. The molecule has 3 nitrogen and oxygen atoms in total. The van der Waals surface area contributed by atoms with Crippen LogP contribution in [0.25, 0.3) is 0 Å². The Labute approximate surface area is 152 Å². The van der Waals surface area contributed by atoms with Gasteiger partial charge in [-0.25, -0.2) is 0 Å². The summed E-state index contributed by atoms with van der Waals surface area (Å²) in [6.45, 7) is 0.701. The number of nitrogens with zero attached hydrogens (tertiary/aromatic N) is 1. The maximum absolute atomic E-state index is 8.83. The molecule has 0 bridgehead atoms. The summed E-state index contributed by atoms with van der Waals surface area (Å²) in [5.74, 6) is 0. The second kappa shape index (κ2) is 9.06. The van der Waals surface area contributed by atoms with E-state index in [0.717, 1.165) is 16.9 Å². The van der Waals surface area contributed by atoms with Gasteiger partial charge in [0.1, 0.15) is 0 Å². The van der Waals surface area contributed by atoms with Crippen LogP contribution in [-0.2, 0) is 0 Å². The predicted molar refractivity (Wildman–Crippen MR) is 106 cm³/mol. The van der Waals surface area contributed by atoms with E-state index in [1.165, 1.54) is 9.79 Å². The number of aliphatic imine (C=N–C) groups is 1. The van der Waals surface area contributed by atoms with Crippen LogP contribution in [0, 0.1) is 0 Å². The average Bonchev–Trinajstić information content (AvgIpc) is 2.68. The van der Waals surface area contributed by atoms with Crippen LogP contribution in [0.2, 0.25) is 0 Å². The molecule has 0 saturated heterocycles. The quantitative estimate of drug-likeness (QED) is 0.591. The molecule has 3 rings (SSSR count). The monoisotopic (exact) mass is 348 g/mol. The molecular formula is C21H20N2OS. The standard InChI is InChI=1S/C21H20N2OS/c24-15-14-22-18-6-10-20(11-7-18)25-21-12-8-19(9-13-21)23-16-17-4-2-1-3-5-17/h1-13,16,22,24H,14-15H2. The van der Waals surface area contributed by atoms with Crippen molar-refractivity contribution in [3.63, 3.8) is 0 Å². The van der Waals surface area contributed by atoms with Crippen molar-refractivity contribution < 1.29 is 5.11 Å². The molecule has 0 aliphatic heterocycles. The van der Waals surface area contributed by atoms with Gasteiger partial charge >= 0.3 is 0 Å². The van der Waals surface area contributed by atoms with E-state index in [4.69, 9.17) is 5.11 Å². The molecule has 0 aromatic heterocycles. The fourth-order valence-corrected chi connectivity index (χ4v) is 3.08. The predicted octanol–water partition coefficient (Wildman–Crippen LogP) is 4.99. The highest BCUT2D eigenvalue weighted by atomic mass is 32.2. The number of nitrogens with one attached hydrogen (secondary N) is 1. The second-order valence-corrected chi connectivity index (χ2v) is 6.59. The third-order valence-electron chi connectivity index (χ3n) is 3.53. The zero-order chi connectivity index (χ0) is 17.3. The maximum Gasteiger partial charge on any atom is 0.0630 e. The van der Waals surface area contributed by atoms with Gasteiger partial charge in [0.2, 0.25) is 0 Å². The summed E-state index contributed by atoms with van der Waals surface area (Å²) in [4.78, 5) is 6.85. The molecule has 0 unspecified atom stereocenters. The number of aliphatic hydroxyl groups excluding tert-OH is 1. The van der Waals surface area contributed by atoms with Gasteiger partial charge in [0, 0.05) is 28.2 Å². The van der Waals surface area contributed by atoms with Crippen molar-refractivity contribution in [1.29, 1.82) is 0 Å². The van der Waals surface area contributed by atoms with Crippen molar-refractivity contribution in [3.05, 3.63) is 84.4 Å². The minimum atomic E-state index is 0.135. The first-order valence-corrected chi connectivity index (χ1v) is 8.97. The summed E-state index contributed by atoms with van der Waals surface area (Å²) in [5.41, 5.74) is 3.05. The summed E-state index contributed by atoms with van der Waals surface area (Å²) >= 11 is 1.71. The van der Waals surface area contributed by atoms with E-state index in [1.807, 2.05) is 60.8 Å². The van der Waals surface area contributed by atoms with Gasteiger partial charge in [-0.2, -0.15) is 0 Å². The van der Waals surface area contributed by atoms with Crippen LogP contribution < -0.4 is 5.32 Å². The van der Waals surface area contributed by atoms with Crippen molar-refractivity contribution in [3.8, 4) is 0 Å². The van der Waals surface area contributed by atoms with Crippen molar-refractivity contribution in [2.75, 3.05) is 18.5 Å². The lowest BCUT2D eigenvalue weighted by Crippen LogP contribution is -2.04. The molecule has 25 heavy (non-hydrogen) atoms. The molecule has 3 aromatic carbocycles. The number of hydrogen-bond acceptors (Lipinski definition) is 4. The first kappa shape index (κ1) is 17.3. The molecule has 0 aliphatic rings. The summed E-state index contributed by atoms with van der Waals surface area (Å²) in [6.07, 6.45) is 1.88. The van der Waals surface area contributed by atoms with E-state index in [1.54, 1.807) is 11.8 Å². The van der Waals surface area contributed by atoms with Gasteiger partial charge in [0.25, 0.3) is 0 Å². The van der Waals surface area contributed by atoms with Crippen molar-refractivity contribution >= 4 is 29.4 Å². The van der Waals surface area contributed by atoms with Gasteiger partial charge in [-0.05, 0) is 54.1 Å². The molecule has 0 atom stereocenters. The Kier molecular flexibility index (Phi) is 6.26. The highest BCUT2D eigenvalue weighted by molar-refractivity contribution is 7.99. The summed E-state index contributed by atoms with van der Waals surface area (Å²) < 4.78 is 0. The summed E-state index contributed by atoms with van der Waals surface area (Å²) in [6, 6.07) is 26.5. The number of rotatable bonds is 7. The molecule has 0 spiro atoms. The molecule has 2 N–H and O–H groups in total.